The Balaban J connectivity index is 1.90. The molecule has 1 fully saturated rings. The largest absolute Gasteiger partial charge is 0.312 e. The first kappa shape index (κ1) is 16.9. The number of hydrogen-bond donors (Lipinski definition) is 1. The molecule has 120 valence electrons. The zero-order valence-electron chi connectivity index (χ0n) is 14.3. The maximum absolute atomic E-state index is 3.55. The molecule has 1 aliphatic rings. The van der Waals surface area contributed by atoms with Crippen molar-refractivity contribution >= 4 is 11.3 Å². The Morgan fingerprint density at radius 1 is 1.38 bits per heavy atom. The Kier molecular flexibility index (Phi) is 6.23. The summed E-state index contributed by atoms with van der Waals surface area (Å²) in [6, 6.07) is 3.07. The van der Waals surface area contributed by atoms with E-state index in [0.29, 0.717) is 6.04 Å². The smallest absolute Gasteiger partial charge is 0.0300 e. The van der Waals surface area contributed by atoms with Gasteiger partial charge in [0.25, 0.3) is 0 Å². The summed E-state index contributed by atoms with van der Waals surface area (Å²) in [7, 11) is 2.22. The molecule has 0 amide bonds. The number of thiophene rings is 1. The summed E-state index contributed by atoms with van der Waals surface area (Å²) in [6.07, 6.45) is 0. The number of likely N-dealkylation sites (N-methyl/N-ethyl adjacent to an activating group) is 1. The molecular weight excluding hydrogens is 278 g/mol. The molecule has 2 rings (SSSR count). The van der Waals surface area contributed by atoms with Crippen molar-refractivity contribution in [1.82, 2.24) is 15.1 Å². The van der Waals surface area contributed by atoms with Crippen molar-refractivity contribution in [2.24, 2.45) is 5.92 Å². The summed E-state index contributed by atoms with van der Waals surface area (Å²) in [6.45, 7) is 15.9. The normalized spacial score (nSPS) is 21.3. The van der Waals surface area contributed by atoms with E-state index in [4.69, 9.17) is 0 Å². The second-order valence-corrected chi connectivity index (χ2v) is 8.24. The van der Waals surface area contributed by atoms with Crippen molar-refractivity contribution in [3.63, 3.8) is 0 Å². The molecule has 0 bridgehead atoms. The minimum Gasteiger partial charge on any atom is -0.312 e. The van der Waals surface area contributed by atoms with Crippen LogP contribution in [0.15, 0.2) is 6.07 Å². The van der Waals surface area contributed by atoms with Crippen LogP contribution in [0.5, 0.6) is 0 Å². The van der Waals surface area contributed by atoms with Gasteiger partial charge in [0.15, 0.2) is 0 Å². The van der Waals surface area contributed by atoms with Crippen LogP contribution in [0, 0.1) is 12.8 Å². The van der Waals surface area contributed by atoms with Crippen LogP contribution in [-0.2, 0) is 13.1 Å². The maximum Gasteiger partial charge on any atom is 0.0300 e. The lowest BCUT2D eigenvalue weighted by molar-refractivity contribution is 0.0938. The Labute approximate surface area is 134 Å². The maximum atomic E-state index is 3.55. The van der Waals surface area contributed by atoms with E-state index in [1.807, 2.05) is 11.3 Å². The molecule has 1 aliphatic heterocycles. The van der Waals surface area contributed by atoms with Crippen molar-refractivity contribution in [2.75, 3.05) is 33.2 Å². The summed E-state index contributed by atoms with van der Waals surface area (Å²) in [4.78, 5) is 8.02. The Bertz CT molecular complexity index is 441. The van der Waals surface area contributed by atoms with Gasteiger partial charge >= 0.3 is 0 Å². The summed E-state index contributed by atoms with van der Waals surface area (Å²) in [5, 5.41) is 3.55. The number of aryl methyl sites for hydroxylation is 1. The molecule has 1 atom stereocenters. The monoisotopic (exact) mass is 309 g/mol. The van der Waals surface area contributed by atoms with Gasteiger partial charge in [-0.05, 0) is 45.0 Å². The molecule has 0 aromatic carbocycles. The molecule has 1 saturated heterocycles. The molecule has 1 N–H and O–H groups in total. The Morgan fingerprint density at radius 2 is 2.14 bits per heavy atom. The van der Waals surface area contributed by atoms with Crippen LogP contribution in [0.2, 0.25) is 0 Å². The van der Waals surface area contributed by atoms with E-state index in [9.17, 15) is 0 Å². The number of rotatable bonds is 6. The molecule has 3 nitrogen and oxygen atoms in total. The second-order valence-electron chi connectivity index (χ2n) is 6.90. The summed E-state index contributed by atoms with van der Waals surface area (Å²) < 4.78 is 0. The van der Waals surface area contributed by atoms with Gasteiger partial charge in [0, 0.05) is 48.5 Å². The van der Waals surface area contributed by atoms with Crippen LogP contribution in [0.25, 0.3) is 0 Å². The van der Waals surface area contributed by atoms with Gasteiger partial charge in [-0.2, -0.15) is 0 Å². The fourth-order valence-electron chi connectivity index (χ4n) is 2.95. The molecule has 21 heavy (non-hydrogen) atoms. The van der Waals surface area contributed by atoms with Crippen molar-refractivity contribution in [3.8, 4) is 0 Å². The number of nitrogens with zero attached hydrogens (tertiary/aromatic N) is 2. The highest BCUT2D eigenvalue weighted by molar-refractivity contribution is 7.12. The third-order valence-corrected chi connectivity index (χ3v) is 5.36. The van der Waals surface area contributed by atoms with E-state index < -0.39 is 0 Å². The average Bonchev–Trinajstić information content (AvgIpc) is 2.73. The highest BCUT2D eigenvalue weighted by Crippen LogP contribution is 2.24. The van der Waals surface area contributed by atoms with Gasteiger partial charge in [-0.3, -0.25) is 4.90 Å². The zero-order chi connectivity index (χ0) is 15.4. The first-order valence-electron chi connectivity index (χ1n) is 8.17. The SMILES string of the molecule is Cc1sc(CNCC(C)C)cc1CN1CCN(C)CC1C. The highest BCUT2D eigenvalue weighted by atomic mass is 32.1. The minimum atomic E-state index is 0.658. The number of hydrogen-bond acceptors (Lipinski definition) is 4. The van der Waals surface area contributed by atoms with E-state index in [1.165, 1.54) is 35.0 Å². The third-order valence-electron chi connectivity index (χ3n) is 4.27. The Hall–Kier alpha value is -0.420. The van der Waals surface area contributed by atoms with Crippen molar-refractivity contribution < 1.29 is 0 Å². The topological polar surface area (TPSA) is 18.5 Å². The fraction of sp³-hybridized carbons (Fsp3) is 0.765. The third kappa shape index (κ3) is 5.06. The van der Waals surface area contributed by atoms with Crippen LogP contribution in [0.3, 0.4) is 0 Å². The quantitative estimate of drug-likeness (QED) is 0.871. The van der Waals surface area contributed by atoms with Crippen molar-refractivity contribution in [3.05, 3.63) is 21.4 Å². The summed E-state index contributed by atoms with van der Waals surface area (Å²) in [5.41, 5.74) is 1.53. The van der Waals surface area contributed by atoms with Gasteiger partial charge in [-0.1, -0.05) is 13.8 Å². The van der Waals surface area contributed by atoms with Gasteiger partial charge in [-0.25, -0.2) is 0 Å². The van der Waals surface area contributed by atoms with Gasteiger partial charge < -0.3 is 10.2 Å². The lowest BCUT2D eigenvalue weighted by atomic mass is 10.1. The predicted molar refractivity (Wildman–Crippen MR) is 93.0 cm³/mol. The first-order chi connectivity index (χ1) is 9.95. The second kappa shape index (κ2) is 7.73. The van der Waals surface area contributed by atoms with E-state index in [2.05, 4.69) is 55.9 Å². The van der Waals surface area contributed by atoms with E-state index in [0.717, 1.165) is 25.6 Å². The van der Waals surface area contributed by atoms with Crippen LogP contribution < -0.4 is 5.32 Å². The van der Waals surface area contributed by atoms with E-state index in [1.54, 1.807) is 0 Å². The number of nitrogens with one attached hydrogen (secondary N) is 1. The molecule has 4 heteroatoms. The molecule has 1 aromatic heterocycles. The van der Waals surface area contributed by atoms with Gasteiger partial charge in [-0.15, -0.1) is 11.3 Å². The van der Waals surface area contributed by atoms with Gasteiger partial charge in [0.05, 0.1) is 0 Å². The first-order valence-corrected chi connectivity index (χ1v) is 8.99. The molecule has 1 unspecified atom stereocenters. The van der Waals surface area contributed by atoms with E-state index >= 15 is 0 Å². The predicted octanol–water partition coefficient (Wildman–Crippen LogP) is 2.94. The molecule has 2 heterocycles. The molecule has 1 aromatic rings. The van der Waals surface area contributed by atoms with Crippen molar-refractivity contribution in [2.45, 2.75) is 46.8 Å². The molecule has 0 spiro atoms. The fourth-order valence-corrected chi connectivity index (χ4v) is 3.97. The van der Waals surface area contributed by atoms with Crippen LogP contribution in [0.4, 0.5) is 0 Å². The minimum absolute atomic E-state index is 0.658. The average molecular weight is 310 g/mol. The highest BCUT2D eigenvalue weighted by Gasteiger charge is 2.22. The standard InChI is InChI=1S/C17H31N3S/c1-13(2)9-18-10-17-8-16(15(4)21-17)12-20-7-6-19(5)11-14(20)3/h8,13-14,18H,6-7,9-12H2,1-5H3. The van der Waals surface area contributed by atoms with E-state index in [-0.39, 0.29) is 0 Å². The van der Waals surface area contributed by atoms with Crippen LogP contribution in [-0.4, -0.2) is 49.1 Å². The lowest BCUT2D eigenvalue weighted by Crippen LogP contribution is -2.49. The lowest BCUT2D eigenvalue weighted by Gasteiger charge is -2.38. The van der Waals surface area contributed by atoms with Crippen LogP contribution in [0.1, 0.15) is 36.1 Å². The molecule has 0 radical (unpaired) electrons. The van der Waals surface area contributed by atoms with Gasteiger partial charge in [0.2, 0.25) is 0 Å². The number of piperazine rings is 1. The molecular formula is C17H31N3S. The van der Waals surface area contributed by atoms with Gasteiger partial charge in [0.1, 0.15) is 0 Å². The zero-order valence-corrected chi connectivity index (χ0v) is 15.1. The summed E-state index contributed by atoms with van der Waals surface area (Å²) in [5.74, 6) is 0.719. The molecule has 0 saturated carbocycles. The molecule has 0 aliphatic carbocycles. The summed E-state index contributed by atoms with van der Waals surface area (Å²) >= 11 is 1.96. The van der Waals surface area contributed by atoms with Crippen LogP contribution >= 0.6 is 11.3 Å². The Morgan fingerprint density at radius 3 is 2.81 bits per heavy atom. The van der Waals surface area contributed by atoms with Crippen molar-refractivity contribution in [1.29, 1.82) is 0 Å².